The van der Waals surface area contributed by atoms with Gasteiger partial charge in [-0.1, -0.05) is 34.8 Å². The fourth-order valence-electron chi connectivity index (χ4n) is 1.80. The van der Waals surface area contributed by atoms with Gasteiger partial charge in [0.2, 0.25) is 0 Å². The number of nitrogens with one attached hydrogen (secondary N) is 1. The van der Waals surface area contributed by atoms with Crippen molar-refractivity contribution in [3.63, 3.8) is 0 Å². The number of aromatic amines is 1. The van der Waals surface area contributed by atoms with E-state index in [0.717, 1.165) is 12.1 Å². The molecular formula is C12H5Cl3N2O6. The van der Waals surface area contributed by atoms with Gasteiger partial charge in [-0.2, -0.15) is 0 Å². The first-order valence-electron chi connectivity index (χ1n) is 5.66. The Bertz CT molecular complexity index is 962. The van der Waals surface area contributed by atoms with Gasteiger partial charge in [0, 0.05) is 0 Å². The van der Waals surface area contributed by atoms with Gasteiger partial charge in [0.25, 0.3) is 5.56 Å². The van der Waals surface area contributed by atoms with Crippen molar-refractivity contribution >= 4 is 46.7 Å². The number of benzene rings is 1. The van der Waals surface area contributed by atoms with Gasteiger partial charge in [-0.05, 0) is 12.1 Å². The molecule has 0 spiro atoms. The maximum Gasteiger partial charge on any atom is 0.353 e. The molecule has 2 rings (SSSR count). The quantitative estimate of drug-likeness (QED) is 0.698. The maximum absolute atomic E-state index is 12.3. The Morgan fingerprint density at radius 3 is 2.04 bits per heavy atom. The minimum atomic E-state index is -1.83. The van der Waals surface area contributed by atoms with Crippen LogP contribution < -0.4 is 11.2 Å². The largest absolute Gasteiger partial charge is 0.477 e. The highest BCUT2D eigenvalue weighted by Gasteiger charge is 2.25. The van der Waals surface area contributed by atoms with Crippen molar-refractivity contribution in [2.24, 2.45) is 0 Å². The molecule has 0 radical (unpaired) electrons. The summed E-state index contributed by atoms with van der Waals surface area (Å²) in [5, 5.41) is 17.8. The molecule has 0 aliphatic carbocycles. The second kappa shape index (κ2) is 6.07. The van der Waals surface area contributed by atoms with Crippen LogP contribution >= 0.6 is 34.8 Å². The molecule has 0 amide bonds. The molecule has 0 bridgehead atoms. The van der Waals surface area contributed by atoms with Crippen molar-refractivity contribution in [2.45, 2.75) is 0 Å². The van der Waals surface area contributed by atoms with E-state index in [9.17, 15) is 19.2 Å². The molecule has 0 saturated carbocycles. The summed E-state index contributed by atoms with van der Waals surface area (Å²) in [7, 11) is 0. The Morgan fingerprint density at radius 1 is 0.957 bits per heavy atom. The van der Waals surface area contributed by atoms with E-state index >= 15 is 0 Å². The Labute approximate surface area is 141 Å². The average molecular weight is 380 g/mol. The van der Waals surface area contributed by atoms with Gasteiger partial charge in [-0.25, -0.2) is 19.0 Å². The van der Waals surface area contributed by atoms with Crippen LogP contribution in [0.25, 0.3) is 5.69 Å². The molecule has 1 aromatic carbocycles. The lowest BCUT2D eigenvalue weighted by molar-refractivity contribution is 0.0643. The molecule has 23 heavy (non-hydrogen) atoms. The molecule has 3 N–H and O–H groups in total. The molecule has 0 aliphatic heterocycles. The van der Waals surface area contributed by atoms with Gasteiger partial charge in [0.15, 0.2) is 5.56 Å². The SMILES string of the molecule is O=C(O)c1[nH]c(=O)n(-c2cc(Cl)c(Cl)cc2Cl)c(=O)c1C(=O)O. The van der Waals surface area contributed by atoms with Crippen molar-refractivity contribution < 1.29 is 19.8 Å². The van der Waals surface area contributed by atoms with Crippen molar-refractivity contribution in [2.75, 3.05) is 0 Å². The van der Waals surface area contributed by atoms with Gasteiger partial charge in [-0.3, -0.25) is 9.78 Å². The lowest BCUT2D eigenvalue weighted by Crippen LogP contribution is -2.40. The van der Waals surface area contributed by atoms with Crippen molar-refractivity contribution in [1.82, 2.24) is 9.55 Å². The third-order valence-electron chi connectivity index (χ3n) is 2.76. The van der Waals surface area contributed by atoms with E-state index in [1.807, 2.05) is 4.98 Å². The van der Waals surface area contributed by atoms with Crippen LogP contribution in [-0.4, -0.2) is 31.7 Å². The maximum atomic E-state index is 12.3. The number of carboxylic acid groups (broad SMARTS) is 2. The predicted octanol–water partition coefficient (Wildman–Crippen LogP) is 1.88. The summed E-state index contributed by atoms with van der Waals surface area (Å²) in [4.78, 5) is 48.3. The van der Waals surface area contributed by atoms with Crippen LogP contribution in [0.1, 0.15) is 20.8 Å². The first-order valence-corrected chi connectivity index (χ1v) is 6.79. The lowest BCUT2D eigenvalue weighted by Gasteiger charge is -2.10. The first kappa shape index (κ1) is 17.1. The van der Waals surface area contributed by atoms with Crippen LogP contribution in [0.4, 0.5) is 0 Å². The molecule has 1 heterocycles. The summed E-state index contributed by atoms with van der Waals surface area (Å²) in [5.41, 5.74) is -4.98. The Hall–Kier alpha value is -2.29. The summed E-state index contributed by atoms with van der Waals surface area (Å²) in [6, 6.07) is 2.23. The highest BCUT2D eigenvalue weighted by Crippen LogP contribution is 2.30. The Kier molecular flexibility index (Phi) is 4.51. The summed E-state index contributed by atoms with van der Waals surface area (Å²) in [6.45, 7) is 0. The van der Waals surface area contributed by atoms with E-state index in [4.69, 9.17) is 45.0 Å². The zero-order valence-electron chi connectivity index (χ0n) is 10.8. The highest BCUT2D eigenvalue weighted by atomic mass is 35.5. The van der Waals surface area contributed by atoms with E-state index in [-0.39, 0.29) is 20.8 Å². The van der Waals surface area contributed by atoms with Crippen LogP contribution in [0.2, 0.25) is 15.1 Å². The van der Waals surface area contributed by atoms with Crippen LogP contribution in [0.5, 0.6) is 0 Å². The third-order valence-corrected chi connectivity index (χ3v) is 3.79. The number of H-pyrrole nitrogens is 1. The standard InChI is InChI=1S/C12H5Cl3N2O6/c13-3-1-5(15)6(2-4(3)14)17-9(18)7(10(19)20)8(11(21)22)16-12(17)23/h1-2H,(H,16,23)(H,19,20)(H,21,22). The second-order valence-corrected chi connectivity index (χ2v) is 5.37. The molecule has 11 heteroatoms. The van der Waals surface area contributed by atoms with Crippen molar-refractivity contribution in [3.05, 3.63) is 59.3 Å². The average Bonchev–Trinajstić information content (AvgIpc) is 2.42. The van der Waals surface area contributed by atoms with E-state index in [2.05, 4.69) is 0 Å². The summed E-state index contributed by atoms with van der Waals surface area (Å²) >= 11 is 17.4. The number of carbonyl (C=O) groups is 2. The number of halogens is 3. The van der Waals surface area contributed by atoms with Gasteiger partial charge < -0.3 is 10.2 Å². The zero-order valence-corrected chi connectivity index (χ0v) is 13.0. The molecule has 120 valence electrons. The van der Waals surface area contributed by atoms with Crippen LogP contribution in [-0.2, 0) is 0 Å². The Morgan fingerprint density at radius 2 is 1.52 bits per heavy atom. The molecule has 1 aromatic heterocycles. The smallest absolute Gasteiger partial charge is 0.353 e. The molecule has 8 nitrogen and oxygen atoms in total. The number of carboxylic acids is 2. The lowest BCUT2D eigenvalue weighted by atomic mass is 10.2. The first-order chi connectivity index (χ1) is 10.6. The highest BCUT2D eigenvalue weighted by molar-refractivity contribution is 6.43. The summed E-state index contributed by atoms with van der Waals surface area (Å²) < 4.78 is 0.362. The zero-order chi connectivity index (χ0) is 17.5. The molecular weight excluding hydrogens is 374 g/mol. The number of hydrogen-bond donors (Lipinski definition) is 3. The molecule has 0 unspecified atom stereocenters. The summed E-state index contributed by atoms with van der Waals surface area (Å²) in [5.74, 6) is -3.60. The number of nitrogens with zero attached hydrogens (tertiary/aromatic N) is 1. The van der Waals surface area contributed by atoms with E-state index < -0.39 is 34.4 Å². The predicted molar refractivity (Wildman–Crippen MR) is 81.6 cm³/mol. The normalized spacial score (nSPS) is 10.6. The fraction of sp³-hybridized carbons (Fsp3) is 0. The topological polar surface area (TPSA) is 129 Å². The number of aromatic carboxylic acids is 2. The molecule has 0 atom stereocenters. The van der Waals surface area contributed by atoms with Crippen molar-refractivity contribution in [3.8, 4) is 5.69 Å². The van der Waals surface area contributed by atoms with E-state index in [0.29, 0.717) is 4.57 Å². The number of rotatable bonds is 3. The van der Waals surface area contributed by atoms with Gasteiger partial charge in [0.1, 0.15) is 5.69 Å². The monoisotopic (exact) mass is 378 g/mol. The fourth-order valence-corrected chi connectivity index (χ4v) is 2.42. The Balaban J connectivity index is 2.96. The van der Waals surface area contributed by atoms with Gasteiger partial charge in [0.05, 0.1) is 20.8 Å². The molecule has 2 aromatic rings. The molecule has 0 fully saturated rings. The van der Waals surface area contributed by atoms with Gasteiger partial charge in [-0.15, -0.1) is 0 Å². The van der Waals surface area contributed by atoms with Crippen LogP contribution in [0.15, 0.2) is 21.7 Å². The van der Waals surface area contributed by atoms with Gasteiger partial charge >= 0.3 is 17.6 Å². The van der Waals surface area contributed by atoms with Crippen LogP contribution in [0, 0.1) is 0 Å². The minimum Gasteiger partial charge on any atom is -0.477 e. The van der Waals surface area contributed by atoms with E-state index in [1.165, 1.54) is 0 Å². The minimum absolute atomic E-state index is 0.0449. The van der Waals surface area contributed by atoms with E-state index in [1.54, 1.807) is 0 Å². The second-order valence-electron chi connectivity index (χ2n) is 4.15. The number of aromatic nitrogens is 2. The number of hydrogen-bond acceptors (Lipinski definition) is 4. The third kappa shape index (κ3) is 2.96. The molecule has 0 saturated heterocycles. The molecule has 0 aliphatic rings. The van der Waals surface area contributed by atoms with Crippen LogP contribution in [0.3, 0.4) is 0 Å². The van der Waals surface area contributed by atoms with Crippen molar-refractivity contribution in [1.29, 1.82) is 0 Å². The summed E-state index contributed by atoms with van der Waals surface area (Å²) in [6.07, 6.45) is 0.